The summed E-state index contributed by atoms with van der Waals surface area (Å²) in [6, 6.07) is 0.920. The number of amides is 1. The molecule has 1 saturated heterocycles. The van der Waals surface area contributed by atoms with Gasteiger partial charge < -0.3 is 11.1 Å². The Kier molecular flexibility index (Phi) is 3.37. The predicted molar refractivity (Wildman–Crippen MR) is 70.5 cm³/mol. The minimum atomic E-state index is -0.232. The van der Waals surface area contributed by atoms with Crippen molar-refractivity contribution in [3.63, 3.8) is 0 Å². The molecular formula is C12H20N6O. The lowest BCUT2D eigenvalue weighted by atomic mass is 10.2. The molecule has 1 atom stereocenters. The van der Waals surface area contributed by atoms with Crippen LogP contribution >= 0.6 is 0 Å². The van der Waals surface area contributed by atoms with E-state index < -0.39 is 0 Å². The second-order valence-corrected chi connectivity index (χ2v) is 5.45. The zero-order chi connectivity index (χ0) is 13.2. The van der Waals surface area contributed by atoms with E-state index in [4.69, 9.17) is 5.73 Å². The first-order valence-electron chi connectivity index (χ1n) is 6.95. The zero-order valence-electron chi connectivity index (χ0n) is 10.9. The molecule has 1 saturated carbocycles. The SMILES string of the molecule is Nc1n[nH]nc1C(=O)NC1CCN(C2CCCC2)C1. The van der Waals surface area contributed by atoms with Crippen LogP contribution in [0.25, 0.3) is 0 Å². The fraction of sp³-hybridized carbons (Fsp3) is 0.750. The second-order valence-electron chi connectivity index (χ2n) is 5.45. The first kappa shape index (κ1) is 12.4. The van der Waals surface area contributed by atoms with Crippen LogP contribution < -0.4 is 11.1 Å². The highest BCUT2D eigenvalue weighted by molar-refractivity contribution is 5.96. The Bertz CT molecular complexity index is 453. The summed E-state index contributed by atoms with van der Waals surface area (Å²) in [4.78, 5) is 14.5. The van der Waals surface area contributed by atoms with Crippen molar-refractivity contribution in [3.05, 3.63) is 5.69 Å². The van der Waals surface area contributed by atoms with E-state index in [-0.39, 0.29) is 23.5 Å². The van der Waals surface area contributed by atoms with Crippen molar-refractivity contribution in [2.24, 2.45) is 0 Å². The van der Waals surface area contributed by atoms with Crippen LogP contribution in [0.15, 0.2) is 0 Å². The number of carbonyl (C=O) groups excluding carboxylic acids is 1. The van der Waals surface area contributed by atoms with Gasteiger partial charge in [0.05, 0.1) is 0 Å². The van der Waals surface area contributed by atoms with Crippen LogP contribution in [0.1, 0.15) is 42.6 Å². The molecule has 1 aliphatic heterocycles. The lowest BCUT2D eigenvalue weighted by molar-refractivity contribution is 0.0932. The summed E-state index contributed by atoms with van der Waals surface area (Å²) >= 11 is 0. The Balaban J connectivity index is 1.54. The van der Waals surface area contributed by atoms with Crippen LogP contribution in [0.2, 0.25) is 0 Å². The van der Waals surface area contributed by atoms with Gasteiger partial charge in [0, 0.05) is 25.2 Å². The highest BCUT2D eigenvalue weighted by atomic mass is 16.2. The number of H-pyrrole nitrogens is 1. The molecular weight excluding hydrogens is 244 g/mol. The first-order valence-corrected chi connectivity index (χ1v) is 6.95. The van der Waals surface area contributed by atoms with E-state index in [0.717, 1.165) is 25.6 Å². The fourth-order valence-corrected chi connectivity index (χ4v) is 3.17. The molecule has 1 aliphatic carbocycles. The van der Waals surface area contributed by atoms with Gasteiger partial charge in [-0.3, -0.25) is 9.69 Å². The minimum absolute atomic E-state index is 0.156. The average molecular weight is 264 g/mol. The second kappa shape index (κ2) is 5.16. The van der Waals surface area contributed by atoms with Crippen molar-refractivity contribution < 1.29 is 4.79 Å². The Morgan fingerprint density at radius 2 is 2.11 bits per heavy atom. The number of aromatic nitrogens is 3. The summed E-state index contributed by atoms with van der Waals surface area (Å²) in [6.07, 6.45) is 6.29. The van der Waals surface area contributed by atoms with E-state index in [1.54, 1.807) is 0 Å². The highest BCUT2D eigenvalue weighted by Gasteiger charge is 2.31. The molecule has 0 bridgehead atoms. The molecule has 3 rings (SSSR count). The van der Waals surface area contributed by atoms with Gasteiger partial charge in [-0.05, 0) is 19.3 Å². The molecule has 19 heavy (non-hydrogen) atoms. The zero-order valence-corrected chi connectivity index (χ0v) is 10.9. The minimum Gasteiger partial charge on any atom is -0.380 e. The Morgan fingerprint density at radius 3 is 2.79 bits per heavy atom. The van der Waals surface area contributed by atoms with Crippen molar-refractivity contribution >= 4 is 11.7 Å². The van der Waals surface area contributed by atoms with Crippen LogP contribution in [0.3, 0.4) is 0 Å². The van der Waals surface area contributed by atoms with Crippen LogP contribution in [0, 0.1) is 0 Å². The van der Waals surface area contributed by atoms with Crippen LogP contribution in [0.5, 0.6) is 0 Å². The van der Waals surface area contributed by atoms with Gasteiger partial charge >= 0.3 is 0 Å². The van der Waals surface area contributed by atoms with E-state index in [9.17, 15) is 4.79 Å². The van der Waals surface area contributed by atoms with Gasteiger partial charge in [0.25, 0.3) is 5.91 Å². The highest BCUT2D eigenvalue weighted by Crippen LogP contribution is 2.26. The summed E-state index contributed by atoms with van der Waals surface area (Å²) in [6.45, 7) is 2.01. The number of nitrogens with two attached hydrogens (primary N) is 1. The smallest absolute Gasteiger partial charge is 0.275 e. The molecule has 1 amide bonds. The van der Waals surface area contributed by atoms with Crippen LogP contribution in [-0.4, -0.2) is 51.4 Å². The van der Waals surface area contributed by atoms with E-state index in [0.29, 0.717) is 0 Å². The number of hydrogen-bond acceptors (Lipinski definition) is 5. The first-order chi connectivity index (χ1) is 9.24. The lowest BCUT2D eigenvalue weighted by Crippen LogP contribution is -2.39. The van der Waals surface area contributed by atoms with Crippen molar-refractivity contribution in [3.8, 4) is 0 Å². The molecule has 1 unspecified atom stereocenters. The molecule has 7 heteroatoms. The normalized spacial score (nSPS) is 24.9. The average Bonchev–Trinajstić information content (AvgIpc) is 3.07. The number of nitrogen functional groups attached to an aromatic ring is 1. The third kappa shape index (κ3) is 2.56. The summed E-state index contributed by atoms with van der Waals surface area (Å²) in [5.74, 6) is -0.0762. The maximum Gasteiger partial charge on any atom is 0.275 e. The molecule has 0 aromatic carbocycles. The van der Waals surface area contributed by atoms with Crippen molar-refractivity contribution in [2.45, 2.75) is 44.2 Å². The third-order valence-electron chi connectivity index (χ3n) is 4.19. The number of aromatic amines is 1. The maximum atomic E-state index is 12.0. The Hall–Kier alpha value is -1.63. The standard InChI is InChI=1S/C12H20N6O/c13-11-10(15-17-16-11)12(19)14-8-5-6-18(7-8)9-3-1-2-4-9/h8-9H,1-7H2,(H,14,19)(H3,13,15,16,17). The van der Waals surface area contributed by atoms with Crippen molar-refractivity contribution in [1.82, 2.24) is 25.6 Å². The predicted octanol–water partition coefficient (Wildman–Crippen LogP) is 0.134. The monoisotopic (exact) mass is 264 g/mol. The van der Waals surface area contributed by atoms with Gasteiger partial charge in [0.15, 0.2) is 11.5 Å². The van der Waals surface area contributed by atoms with Gasteiger partial charge in [-0.1, -0.05) is 12.8 Å². The van der Waals surface area contributed by atoms with Gasteiger partial charge in [0.1, 0.15) is 0 Å². The number of likely N-dealkylation sites (tertiary alicyclic amines) is 1. The summed E-state index contributed by atoms with van der Waals surface area (Å²) in [5, 5.41) is 12.8. The van der Waals surface area contributed by atoms with E-state index in [2.05, 4.69) is 25.6 Å². The number of nitrogens with one attached hydrogen (secondary N) is 2. The summed E-state index contributed by atoms with van der Waals surface area (Å²) < 4.78 is 0. The molecule has 4 N–H and O–H groups in total. The van der Waals surface area contributed by atoms with Gasteiger partial charge in [0.2, 0.25) is 0 Å². The topological polar surface area (TPSA) is 99.9 Å². The quantitative estimate of drug-likeness (QED) is 0.720. The lowest BCUT2D eigenvalue weighted by Gasteiger charge is -2.23. The van der Waals surface area contributed by atoms with Gasteiger partial charge in [-0.15, -0.1) is 10.2 Å². The molecule has 7 nitrogen and oxygen atoms in total. The van der Waals surface area contributed by atoms with E-state index >= 15 is 0 Å². The number of carbonyl (C=O) groups is 1. The molecule has 2 heterocycles. The molecule has 1 aromatic rings. The van der Waals surface area contributed by atoms with Crippen molar-refractivity contribution in [2.75, 3.05) is 18.8 Å². The molecule has 2 fully saturated rings. The molecule has 0 spiro atoms. The van der Waals surface area contributed by atoms with Crippen molar-refractivity contribution in [1.29, 1.82) is 0 Å². The largest absolute Gasteiger partial charge is 0.380 e. The molecule has 0 radical (unpaired) electrons. The van der Waals surface area contributed by atoms with E-state index in [1.165, 1.54) is 25.7 Å². The summed E-state index contributed by atoms with van der Waals surface area (Å²) in [5.41, 5.74) is 5.76. The van der Waals surface area contributed by atoms with Crippen LogP contribution in [-0.2, 0) is 0 Å². The van der Waals surface area contributed by atoms with Gasteiger partial charge in [-0.25, -0.2) is 0 Å². The molecule has 104 valence electrons. The van der Waals surface area contributed by atoms with E-state index in [1.807, 2.05) is 0 Å². The number of hydrogen-bond donors (Lipinski definition) is 3. The number of rotatable bonds is 3. The van der Waals surface area contributed by atoms with Crippen LogP contribution in [0.4, 0.5) is 5.82 Å². The van der Waals surface area contributed by atoms with Gasteiger partial charge in [-0.2, -0.15) is 5.21 Å². The Labute approximate surface area is 111 Å². The number of nitrogens with zero attached hydrogens (tertiary/aromatic N) is 3. The third-order valence-corrected chi connectivity index (χ3v) is 4.19. The summed E-state index contributed by atoms with van der Waals surface area (Å²) in [7, 11) is 0. The fourth-order valence-electron chi connectivity index (χ4n) is 3.17. The Morgan fingerprint density at radius 1 is 1.32 bits per heavy atom. The molecule has 1 aromatic heterocycles. The maximum absolute atomic E-state index is 12.0. The molecule has 2 aliphatic rings. The number of anilines is 1.